The standard InChI is InChI=1S/C18H16S12/c1-3-7-8(4-2)22-12-11(21-7)25-15(26-12)16-29-17-18(30-16)28-14(27-17)13-23-9-10(24-13)20-6-5-19-9/h7-8H,3-6H2,1-2H3/t7-,8-/m1/s1. The van der Waals surface area contributed by atoms with Gasteiger partial charge in [-0.2, -0.15) is 0 Å². The fraction of sp³-hybridized carbons (Fsp3) is 0.444. The van der Waals surface area contributed by atoms with Gasteiger partial charge in [-0.25, -0.2) is 0 Å². The molecule has 0 fully saturated rings. The lowest BCUT2D eigenvalue weighted by Gasteiger charge is -2.28. The van der Waals surface area contributed by atoms with E-state index in [1.807, 2.05) is 94.1 Å². The summed E-state index contributed by atoms with van der Waals surface area (Å²) in [7, 11) is 0. The van der Waals surface area contributed by atoms with E-state index in [4.69, 9.17) is 0 Å². The molecule has 0 radical (unpaired) electrons. The average Bonchev–Trinajstić information content (AvgIpc) is 3.52. The smallest absolute Gasteiger partial charge is 0.0718 e. The zero-order valence-corrected chi connectivity index (χ0v) is 25.7. The number of rotatable bonds is 2. The summed E-state index contributed by atoms with van der Waals surface area (Å²) in [5, 5.41) is 1.56. The van der Waals surface area contributed by atoms with Gasteiger partial charge in [-0.05, 0) is 12.8 Å². The zero-order valence-electron chi connectivity index (χ0n) is 15.9. The van der Waals surface area contributed by atoms with Crippen molar-refractivity contribution >= 4 is 141 Å². The van der Waals surface area contributed by atoms with Crippen LogP contribution in [0.3, 0.4) is 0 Å². The number of hydrogen-bond donors (Lipinski definition) is 0. The normalized spacial score (nSPS) is 31.4. The second-order valence-electron chi connectivity index (χ2n) is 6.52. The SMILES string of the molecule is CC[C@H]1SC2=C(SC(=C3SC4=C(SC(=C5SC6=C(SCCS6)S5)S4)S3)S2)S[C@@H]1CC. The van der Waals surface area contributed by atoms with Crippen LogP contribution < -0.4 is 0 Å². The van der Waals surface area contributed by atoms with Crippen LogP contribution in [0.15, 0.2) is 42.4 Å². The van der Waals surface area contributed by atoms with Crippen molar-refractivity contribution in [1.82, 2.24) is 0 Å². The maximum Gasteiger partial charge on any atom is 0.0718 e. The van der Waals surface area contributed by atoms with Gasteiger partial charge in [0.05, 0.1) is 42.4 Å². The van der Waals surface area contributed by atoms with E-state index >= 15 is 0 Å². The van der Waals surface area contributed by atoms with E-state index < -0.39 is 0 Å². The Morgan fingerprint density at radius 2 is 0.767 bits per heavy atom. The van der Waals surface area contributed by atoms with Crippen molar-refractivity contribution < 1.29 is 0 Å². The van der Waals surface area contributed by atoms with Gasteiger partial charge in [0.2, 0.25) is 0 Å². The highest BCUT2D eigenvalue weighted by Crippen LogP contribution is 2.74. The third kappa shape index (κ3) is 4.55. The van der Waals surface area contributed by atoms with Crippen LogP contribution in [0.4, 0.5) is 0 Å². The maximum absolute atomic E-state index is 2.35. The minimum absolute atomic E-state index is 0.778. The first kappa shape index (κ1) is 23.3. The fourth-order valence-electron chi connectivity index (χ4n) is 3.17. The molecule has 0 amide bonds. The van der Waals surface area contributed by atoms with E-state index in [0.717, 1.165) is 10.5 Å². The molecule has 6 aliphatic heterocycles. The van der Waals surface area contributed by atoms with Crippen molar-refractivity contribution in [2.45, 2.75) is 37.2 Å². The Hall–Kier alpha value is 2.90. The maximum atomic E-state index is 2.35. The third-order valence-electron chi connectivity index (χ3n) is 4.60. The van der Waals surface area contributed by atoms with E-state index in [9.17, 15) is 0 Å². The van der Waals surface area contributed by atoms with E-state index in [1.165, 1.54) is 49.8 Å². The first-order valence-corrected chi connectivity index (χ1v) is 19.7. The Bertz CT molecular complexity index is 886. The molecule has 6 heterocycles. The predicted octanol–water partition coefficient (Wildman–Crippen LogP) is 11.1. The lowest BCUT2D eigenvalue weighted by molar-refractivity contribution is 0.739. The van der Waals surface area contributed by atoms with Crippen molar-refractivity contribution in [1.29, 1.82) is 0 Å². The molecular weight excluding hydrogens is 601 g/mol. The summed E-state index contributed by atoms with van der Waals surface area (Å²) in [4.78, 5) is 0. The van der Waals surface area contributed by atoms with Crippen molar-refractivity contribution in [3.05, 3.63) is 42.4 Å². The van der Waals surface area contributed by atoms with Gasteiger partial charge in [0.15, 0.2) is 0 Å². The quantitative estimate of drug-likeness (QED) is 0.290. The second kappa shape index (κ2) is 10.1. The summed E-state index contributed by atoms with van der Waals surface area (Å²) in [5.41, 5.74) is 0. The molecule has 12 heteroatoms. The molecule has 0 aliphatic carbocycles. The average molecular weight is 617 g/mol. The Morgan fingerprint density at radius 3 is 1.10 bits per heavy atom. The number of hydrogen-bond acceptors (Lipinski definition) is 12. The van der Waals surface area contributed by atoms with Gasteiger partial charge in [0, 0.05) is 22.0 Å². The molecule has 160 valence electrons. The summed E-state index contributed by atoms with van der Waals surface area (Å²) in [6.45, 7) is 4.70. The topological polar surface area (TPSA) is 0 Å². The minimum Gasteiger partial charge on any atom is -0.116 e. The molecule has 0 unspecified atom stereocenters. The highest BCUT2D eigenvalue weighted by molar-refractivity contribution is 8.51. The Balaban J connectivity index is 1.12. The van der Waals surface area contributed by atoms with Gasteiger partial charge in [-0.15, -0.1) is 47.0 Å². The minimum atomic E-state index is 0.778. The van der Waals surface area contributed by atoms with E-state index in [-0.39, 0.29) is 0 Å². The fourth-order valence-corrected chi connectivity index (χ4v) is 22.9. The molecule has 6 rings (SSSR count). The van der Waals surface area contributed by atoms with Crippen LogP contribution in [0, 0.1) is 0 Å². The van der Waals surface area contributed by atoms with Crippen molar-refractivity contribution in [3.8, 4) is 0 Å². The Kier molecular flexibility index (Phi) is 7.85. The van der Waals surface area contributed by atoms with Crippen LogP contribution in [0.2, 0.25) is 0 Å². The lowest BCUT2D eigenvalue weighted by Crippen LogP contribution is -2.20. The lowest BCUT2D eigenvalue weighted by atomic mass is 10.2. The van der Waals surface area contributed by atoms with Crippen molar-refractivity contribution in [3.63, 3.8) is 0 Å². The highest BCUT2D eigenvalue weighted by Gasteiger charge is 2.40. The van der Waals surface area contributed by atoms with E-state index in [0.29, 0.717) is 0 Å². The van der Waals surface area contributed by atoms with Crippen LogP contribution in [-0.4, -0.2) is 22.0 Å². The molecule has 0 spiro atoms. The first-order chi connectivity index (χ1) is 14.7. The van der Waals surface area contributed by atoms with Crippen molar-refractivity contribution in [2.75, 3.05) is 11.5 Å². The number of thioether (sulfide) groups is 12. The van der Waals surface area contributed by atoms with Crippen LogP contribution in [0.1, 0.15) is 26.7 Å². The summed E-state index contributed by atoms with van der Waals surface area (Å²) in [6, 6.07) is 0. The third-order valence-corrected chi connectivity index (χ3v) is 23.6. The predicted molar refractivity (Wildman–Crippen MR) is 164 cm³/mol. The Morgan fingerprint density at radius 1 is 0.467 bits per heavy atom. The van der Waals surface area contributed by atoms with Crippen LogP contribution in [0.25, 0.3) is 0 Å². The molecule has 0 aromatic carbocycles. The second-order valence-corrected chi connectivity index (χ2v) is 22.0. The molecule has 0 saturated heterocycles. The van der Waals surface area contributed by atoms with E-state index in [1.54, 1.807) is 16.9 Å². The molecule has 6 aliphatic rings. The largest absolute Gasteiger partial charge is 0.116 e. The molecule has 0 N–H and O–H groups in total. The monoisotopic (exact) mass is 616 g/mol. The van der Waals surface area contributed by atoms with Crippen LogP contribution in [-0.2, 0) is 0 Å². The summed E-state index contributed by atoms with van der Waals surface area (Å²) in [6.07, 6.45) is 2.55. The molecule has 0 aromatic rings. The van der Waals surface area contributed by atoms with Crippen molar-refractivity contribution in [2.24, 2.45) is 0 Å². The van der Waals surface area contributed by atoms with Gasteiger partial charge >= 0.3 is 0 Å². The summed E-state index contributed by atoms with van der Waals surface area (Å²) in [5.74, 6) is 2.53. The van der Waals surface area contributed by atoms with Gasteiger partial charge in [-0.3, -0.25) is 0 Å². The van der Waals surface area contributed by atoms with Crippen LogP contribution >= 0.6 is 141 Å². The molecule has 2 atom stereocenters. The summed E-state index contributed by atoms with van der Waals surface area (Å²) >= 11 is 24.6. The van der Waals surface area contributed by atoms with E-state index in [2.05, 4.69) is 60.9 Å². The first-order valence-electron chi connectivity index (χ1n) is 9.45. The molecule has 0 nitrogen and oxygen atoms in total. The van der Waals surface area contributed by atoms with Gasteiger partial charge in [0.25, 0.3) is 0 Å². The van der Waals surface area contributed by atoms with Gasteiger partial charge in [0.1, 0.15) is 0 Å². The zero-order chi connectivity index (χ0) is 20.2. The molecular formula is C18H16S12. The van der Waals surface area contributed by atoms with Gasteiger partial charge in [-0.1, -0.05) is 108 Å². The molecule has 0 bridgehead atoms. The Labute approximate surface area is 229 Å². The van der Waals surface area contributed by atoms with Gasteiger partial charge < -0.3 is 0 Å². The highest BCUT2D eigenvalue weighted by atomic mass is 32.3. The molecule has 30 heavy (non-hydrogen) atoms. The van der Waals surface area contributed by atoms with Crippen LogP contribution in [0.5, 0.6) is 0 Å². The molecule has 0 saturated carbocycles. The molecule has 0 aromatic heterocycles. The summed E-state index contributed by atoms with van der Waals surface area (Å²) < 4.78 is 15.4.